The van der Waals surface area contributed by atoms with Crippen LogP contribution in [0.3, 0.4) is 0 Å². The Morgan fingerprint density at radius 2 is 1.85 bits per heavy atom. The lowest BCUT2D eigenvalue weighted by atomic mass is 9.83. The number of amides is 1. The second kappa shape index (κ2) is 12.4. The number of carbonyl (C=O) groups excluding carboxylic acids is 1. The molecule has 0 fully saturated rings. The summed E-state index contributed by atoms with van der Waals surface area (Å²) in [6.07, 6.45) is 2.49. The van der Waals surface area contributed by atoms with E-state index < -0.39 is 11.9 Å². The topological polar surface area (TPSA) is 92.7 Å². The second-order valence-electron chi connectivity index (χ2n) is 9.01. The van der Waals surface area contributed by atoms with Crippen LogP contribution >= 0.6 is 11.8 Å². The first-order chi connectivity index (χ1) is 18.8. The van der Waals surface area contributed by atoms with Crippen LogP contribution < -0.4 is 10.6 Å². The van der Waals surface area contributed by atoms with Crippen LogP contribution in [0.1, 0.15) is 40.9 Å². The number of pyridine rings is 2. The Labute approximate surface area is 229 Å². The molecular formula is C28H29F3N6OS. The zero-order valence-electron chi connectivity index (χ0n) is 21.8. The van der Waals surface area contributed by atoms with E-state index in [-0.39, 0.29) is 17.7 Å². The molecule has 2 N–H and O–H groups in total. The Bertz CT molecular complexity index is 1450. The fourth-order valence-corrected chi connectivity index (χ4v) is 5.54. The van der Waals surface area contributed by atoms with Gasteiger partial charge in [0.25, 0.3) is 5.91 Å². The summed E-state index contributed by atoms with van der Waals surface area (Å²) in [4.78, 5) is 29.0. The van der Waals surface area contributed by atoms with Crippen molar-refractivity contribution >= 4 is 34.4 Å². The minimum atomic E-state index is -4.54. The predicted molar refractivity (Wildman–Crippen MR) is 149 cm³/mol. The van der Waals surface area contributed by atoms with Crippen LogP contribution in [0, 0.1) is 5.92 Å². The lowest BCUT2D eigenvalue weighted by Crippen LogP contribution is -2.24. The van der Waals surface area contributed by atoms with E-state index in [1.54, 1.807) is 37.1 Å². The third-order valence-corrected chi connectivity index (χ3v) is 7.38. The van der Waals surface area contributed by atoms with Gasteiger partial charge >= 0.3 is 6.18 Å². The fourth-order valence-electron chi connectivity index (χ4n) is 4.76. The smallest absolute Gasteiger partial charge is 0.370 e. The van der Waals surface area contributed by atoms with Crippen LogP contribution in [0.4, 0.5) is 19.0 Å². The molecule has 0 aliphatic carbocycles. The number of halogens is 3. The van der Waals surface area contributed by atoms with Crippen LogP contribution in [-0.2, 0) is 6.18 Å². The number of alkyl halides is 3. The van der Waals surface area contributed by atoms with E-state index in [0.29, 0.717) is 29.2 Å². The van der Waals surface area contributed by atoms with Gasteiger partial charge in [-0.05, 0) is 54.0 Å². The highest BCUT2D eigenvalue weighted by Gasteiger charge is 2.32. The van der Waals surface area contributed by atoms with Gasteiger partial charge in [-0.25, -0.2) is 9.97 Å². The number of nitrogens with one attached hydrogen (secondary N) is 2. The molecule has 3 aromatic heterocycles. The molecule has 0 radical (unpaired) electrons. The predicted octanol–water partition coefficient (Wildman–Crippen LogP) is 6.05. The molecule has 0 saturated carbocycles. The van der Waals surface area contributed by atoms with Crippen molar-refractivity contribution in [3.8, 4) is 11.3 Å². The minimum absolute atomic E-state index is 0.136. The lowest BCUT2D eigenvalue weighted by Gasteiger charge is -2.27. The maximum Gasteiger partial charge on any atom is 0.433 e. The van der Waals surface area contributed by atoms with E-state index in [2.05, 4.69) is 49.8 Å². The largest absolute Gasteiger partial charge is 0.433 e. The molecule has 2 atom stereocenters. The molecule has 4 aromatic rings. The van der Waals surface area contributed by atoms with Crippen LogP contribution in [0.15, 0.2) is 61.2 Å². The number of rotatable bonds is 10. The first-order valence-electron chi connectivity index (χ1n) is 12.4. The van der Waals surface area contributed by atoms with Gasteiger partial charge in [-0.1, -0.05) is 25.1 Å². The molecule has 0 aliphatic rings. The van der Waals surface area contributed by atoms with Crippen molar-refractivity contribution in [1.82, 2.24) is 25.3 Å². The maximum absolute atomic E-state index is 13.1. The van der Waals surface area contributed by atoms with Gasteiger partial charge in [-0.15, -0.1) is 0 Å². The van der Waals surface area contributed by atoms with Crippen LogP contribution in [0.2, 0.25) is 0 Å². The Morgan fingerprint density at radius 3 is 2.56 bits per heavy atom. The average molecular weight is 555 g/mol. The number of anilines is 1. The van der Waals surface area contributed by atoms with E-state index in [0.717, 1.165) is 40.9 Å². The SMILES string of the molecule is CCC(c1cccc2c(C(=O)NC)ccnc12)C(CNc1cc(-c2ccnc(C(F)(F)F)c2)ncn1)CSC. The van der Waals surface area contributed by atoms with E-state index in [1.807, 2.05) is 12.1 Å². The van der Waals surface area contributed by atoms with Crippen molar-refractivity contribution in [3.05, 3.63) is 78.0 Å². The number of nitrogens with zero attached hydrogens (tertiary/aromatic N) is 4. The Kier molecular flexibility index (Phi) is 9.01. The van der Waals surface area contributed by atoms with Gasteiger partial charge in [0.2, 0.25) is 0 Å². The fraction of sp³-hybridized carbons (Fsp3) is 0.321. The maximum atomic E-state index is 13.1. The summed E-state index contributed by atoms with van der Waals surface area (Å²) in [6, 6.07) is 11.8. The molecule has 4 rings (SSSR count). The first kappa shape index (κ1) is 28.3. The number of benzene rings is 1. The molecule has 1 aromatic carbocycles. The number of aromatic nitrogens is 4. The Balaban J connectivity index is 1.60. The van der Waals surface area contributed by atoms with Gasteiger partial charge in [0.05, 0.1) is 16.8 Å². The highest BCUT2D eigenvalue weighted by atomic mass is 32.2. The summed E-state index contributed by atoms with van der Waals surface area (Å²) >= 11 is 1.73. The number of para-hydroxylation sites is 1. The third kappa shape index (κ3) is 6.47. The molecule has 11 heteroatoms. The first-order valence-corrected chi connectivity index (χ1v) is 13.8. The summed E-state index contributed by atoms with van der Waals surface area (Å²) in [5, 5.41) is 6.87. The van der Waals surface area contributed by atoms with Crippen molar-refractivity contribution in [2.45, 2.75) is 25.4 Å². The number of hydrogen-bond acceptors (Lipinski definition) is 7. The molecule has 0 spiro atoms. The number of fused-ring (bicyclic) bond motifs is 1. The van der Waals surface area contributed by atoms with E-state index in [4.69, 9.17) is 0 Å². The third-order valence-electron chi connectivity index (χ3n) is 6.62. The zero-order chi connectivity index (χ0) is 28.0. The van der Waals surface area contributed by atoms with E-state index in [9.17, 15) is 18.0 Å². The monoisotopic (exact) mass is 554 g/mol. The lowest BCUT2D eigenvalue weighted by molar-refractivity contribution is -0.141. The molecule has 204 valence electrons. The number of thioether (sulfide) groups is 1. The highest BCUT2D eigenvalue weighted by Crippen LogP contribution is 2.35. The van der Waals surface area contributed by atoms with Crippen molar-refractivity contribution in [1.29, 1.82) is 0 Å². The molecule has 0 saturated heterocycles. The Hall–Kier alpha value is -3.73. The van der Waals surface area contributed by atoms with Gasteiger partial charge < -0.3 is 10.6 Å². The Morgan fingerprint density at radius 1 is 1.05 bits per heavy atom. The minimum Gasteiger partial charge on any atom is -0.370 e. The van der Waals surface area contributed by atoms with Crippen LogP contribution in [-0.4, -0.2) is 51.4 Å². The van der Waals surface area contributed by atoms with Crippen molar-refractivity contribution < 1.29 is 18.0 Å². The highest BCUT2D eigenvalue weighted by molar-refractivity contribution is 7.98. The van der Waals surface area contributed by atoms with E-state index in [1.165, 1.54) is 12.4 Å². The van der Waals surface area contributed by atoms with Gasteiger partial charge in [-0.3, -0.25) is 14.8 Å². The molecule has 0 bridgehead atoms. The number of hydrogen-bond donors (Lipinski definition) is 2. The van der Waals surface area contributed by atoms with Gasteiger partial charge in [-0.2, -0.15) is 24.9 Å². The van der Waals surface area contributed by atoms with E-state index >= 15 is 0 Å². The summed E-state index contributed by atoms with van der Waals surface area (Å²) in [5.41, 5.74) is 2.16. The van der Waals surface area contributed by atoms with Crippen molar-refractivity contribution in [2.75, 3.05) is 30.9 Å². The second-order valence-corrected chi connectivity index (χ2v) is 9.92. The van der Waals surface area contributed by atoms with Gasteiger partial charge in [0.1, 0.15) is 17.8 Å². The molecule has 7 nitrogen and oxygen atoms in total. The summed E-state index contributed by atoms with van der Waals surface area (Å²) in [6.45, 7) is 2.70. The normalized spacial score (nSPS) is 13.2. The zero-order valence-corrected chi connectivity index (χ0v) is 22.6. The molecule has 39 heavy (non-hydrogen) atoms. The quantitative estimate of drug-likeness (QED) is 0.247. The number of carbonyl (C=O) groups is 1. The average Bonchev–Trinajstić information content (AvgIpc) is 2.95. The summed E-state index contributed by atoms with van der Waals surface area (Å²) < 4.78 is 39.4. The standard InChI is InChI=1S/C28H29F3N6OS/c1-4-19(20-6-5-7-21-22(27(38)32-2)9-11-34-26(20)21)18(15-39-3)14-35-25-13-23(36-16-37-25)17-8-10-33-24(12-17)28(29,30)31/h5-13,16,18-19H,4,14-15H2,1-3H3,(H,32,38)(H,35,36,37). The molecule has 3 heterocycles. The van der Waals surface area contributed by atoms with Gasteiger partial charge in [0.15, 0.2) is 0 Å². The summed E-state index contributed by atoms with van der Waals surface area (Å²) in [5.74, 6) is 1.53. The van der Waals surface area contributed by atoms with Crippen LogP contribution in [0.5, 0.6) is 0 Å². The van der Waals surface area contributed by atoms with Crippen molar-refractivity contribution in [3.63, 3.8) is 0 Å². The van der Waals surface area contributed by atoms with Crippen molar-refractivity contribution in [2.24, 2.45) is 5.92 Å². The van der Waals surface area contributed by atoms with Crippen LogP contribution in [0.25, 0.3) is 22.2 Å². The molecular weight excluding hydrogens is 525 g/mol. The molecule has 1 amide bonds. The molecule has 0 aliphatic heterocycles. The summed E-state index contributed by atoms with van der Waals surface area (Å²) in [7, 11) is 1.61. The molecule has 2 unspecified atom stereocenters. The van der Waals surface area contributed by atoms with Gasteiger partial charge in [0, 0.05) is 43.0 Å².